The van der Waals surface area contributed by atoms with E-state index >= 15 is 0 Å². The maximum absolute atomic E-state index is 5.38. The molecule has 0 aliphatic carbocycles. The third-order valence-electron chi connectivity index (χ3n) is 6.76. The van der Waals surface area contributed by atoms with Gasteiger partial charge < -0.3 is 10.1 Å². The minimum Gasteiger partial charge on any atom is -0.497 e. The first kappa shape index (κ1) is 24.2. The lowest BCUT2D eigenvalue weighted by atomic mass is 9.97. The van der Waals surface area contributed by atoms with E-state index in [-0.39, 0.29) is 0 Å². The lowest BCUT2D eigenvalue weighted by molar-refractivity contribution is 0.171. The zero-order valence-electron chi connectivity index (χ0n) is 20.5. The lowest BCUT2D eigenvalue weighted by Crippen LogP contribution is -2.46. The van der Waals surface area contributed by atoms with Gasteiger partial charge in [-0.25, -0.2) is 0 Å². The fourth-order valence-electron chi connectivity index (χ4n) is 4.59. The van der Waals surface area contributed by atoms with Gasteiger partial charge in [0, 0.05) is 51.9 Å². The first-order valence-electron chi connectivity index (χ1n) is 12.4. The maximum atomic E-state index is 5.38. The Morgan fingerprint density at radius 2 is 1.50 bits per heavy atom. The van der Waals surface area contributed by atoms with Gasteiger partial charge in [0.15, 0.2) is 0 Å². The number of nitrogens with one attached hydrogen (secondary N) is 1. The largest absolute Gasteiger partial charge is 0.497 e. The van der Waals surface area contributed by atoms with Gasteiger partial charge >= 0.3 is 0 Å². The predicted molar refractivity (Wildman–Crippen MR) is 142 cm³/mol. The third-order valence-corrected chi connectivity index (χ3v) is 6.76. The summed E-state index contributed by atoms with van der Waals surface area (Å²) in [5.74, 6) is 0.902. The van der Waals surface area contributed by atoms with Crippen molar-refractivity contribution < 1.29 is 4.74 Å². The zero-order chi connectivity index (χ0) is 23.6. The summed E-state index contributed by atoms with van der Waals surface area (Å²) in [7, 11) is 1.72. The normalized spacial score (nSPS) is 15.1. The number of hydrogen-bond acceptors (Lipinski definition) is 4. The van der Waals surface area contributed by atoms with E-state index in [0.29, 0.717) is 6.04 Å². The van der Waals surface area contributed by atoms with Crippen LogP contribution in [0.4, 0.5) is 0 Å². The Bertz CT molecular complexity index is 970. The highest BCUT2D eigenvalue weighted by molar-refractivity contribution is 5.79. The number of methoxy groups -OCH3 is 1. The summed E-state index contributed by atoms with van der Waals surface area (Å²) in [5, 5.41) is 3.46. The lowest BCUT2D eigenvalue weighted by Gasteiger charge is -2.33. The second-order valence-electron chi connectivity index (χ2n) is 8.89. The van der Waals surface area contributed by atoms with Crippen LogP contribution in [0.1, 0.15) is 29.7 Å². The topological polar surface area (TPSA) is 27.7 Å². The van der Waals surface area contributed by atoms with E-state index in [0.717, 1.165) is 51.6 Å². The van der Waals surface area contributed by atoms with Crippen molar-refractivity contribution in [3.8, 4) is 5.75 Å². The highest BCUT2D eigenvalue weighted by atomic mass is 16.5. The Balaban J connectivity index is 1.58. The molecule has 3 aromatic rings. The average molecular weight is 456 g/mol. The molecule has 0 saturated carbocycles. The molecular weight excluding hydrogens is 418 g/mol. The van der Waals surface area contributed by atoms with Crippen LogP contribution in [0.2, 0.25) is 0 Å². The first-order chi connectivity index (χ1) is 16.7. The summed E-state index contributed by atoms with van der Waals surface area (Å²) in [6.07, 6.45) is 2.41. The van der Waals surface area contributed by atoms with Crippen molar-refractivity contribution in [2.24, 2.45) is 0 Å². The van der Waals surface area contributed by atoms with Crippen LogP contribution in [0, 0.1) is 0 Å². The van der Waals surface area contributed by atoms with Crippen LogP contribution in [0.3, 0.4) is 0 Å². The van der Waals surface area contributed by atoms with Gasteiger partial charge in [0.1, 0.15) is 5.75 Å². The molecule has 0 spiro atoms. The molecule has 0 radical (unpaired) electrons. The van der Waals surface area contributed by atoms with Crippen molar-refractivity contribution in [1.82, 2.24) is 15.1 Å². The van der Waals surface area contributed by atoms with Gasteiger partial charge in [0.05, 0.1) is 7.11 Å². The SMILES string of the molecule is COc1ccc(C(C)N(CC=C(c2ccccc2)c2ccccc2)CCN2CCNCC2)cc1. The summed E-state index contributed by atoms with van der Waals surface area (Å²) in [6, 6.07) is 30.3. The quantitative estimate of drug-likeness (QED) is 0.461. The van der Waals surface area contributed by atoms with E-state index in [1.807, 2.05) is 0 Å². The number of ether oxygens (including phenoxy) is 1. The third kappa shape index (κ3) is 6.57. The molecule has 4 nitrogen and oxygen atoms in total. The molecule has 4 heteroatoms. The molecule has 34 heavy (non-hydrogen) atoms. The molecule has 1 N–H and O–H groups in total. The molecule has 3 aromatic carbocycles. The van der Waals surface area contributed by atoms with Crippen molar-refractivity contribution in [3.05, 3.63) is 108 Å². The van der Waals surface area contributed by atoms with Gasteiger partial charge in [0.2, 0.25) is 0 Å². The number of rotatable bonds is 10. The molecule has 0 bridgehead atoms. The highest BCUT2D eigenvalue weighted by Crippen LogP contribution is 2.26. The molecule has 0 amide bonds. The van der Waals surface area contributed by atoms with E-state index in [4.69, 9.17) is 4.74 Å². The van der Waals surface area contributed by atoms with Crippen molar-refractivity contribution >= 4 is 5.57 Å². The Hall–Kier alpha value is -2.92. The standard InChI is InChI=1S/C30H37N3O/c1-25(26-13-15-29(34-2)16-14-26)33(24-23-32-21-18-31-19-22-32)20-17-30(27-9-5-3-6-10-27)28-11-7-4-8-12-28/h3-17,25,31H,18-24H2,1-2H3. The van der Waals surface area contributed by atoms with Crippen molar-refractivity contribution in [3.63, 3.8) is 0 Å². The average Bonchev–Trinajstić information content (AvgIpc) is 2.92. The van der Waals surface area contributed by atoms with E-state index < -0.39 is 0 Å². The van der Waals surface area contributed by atoms with Gasteiger partial charge in [-0.2, -0.15) is 0 Å². The van der Waals surface area contributed by atoms with E-state index in [1.165, 1.54) is 22.3 Å². The Kier molecular flexibility index (Phi) is 8.91. The van der Waals surface area contributed by atoms with Gasteiger partial charge in [-0.1, -0.05) is 78.9 Å². The maximum Gasteiger partial charge on any atom is 0.118 e. The summed E-state index contributed by atoms with van der Waals surface area (Å²) < 4.78 is 5.38. The molecule has 1 saturated heterocycles. The zero-order valence-corrected chi connectivity index (χ0v) is 20.5. The fraction of sp³-hybridized carbons (Fsp3) is 0.333. The van der Waals surface area contributed by atoms with Crippen LogP contribution >= 0.6 is 0 Å². The van der Waals surface area contributed by atoms with Crippen molar-refractivity contribution in [2.75, 3.05) is 52.9 Å². The summed E-state index contributed by atoms with van der Waals surface area (Å²) in [5.41, 5.74) is 5.12. The Morgan fingerprint density at radius 3 is 2.06 bits per heavy atom. The molecule has 0 aromatic heterocycles. The number of benzene rings is 3. The number of hydrogen-bond donors (Lipinski definition) is 1. The van der Waals surface area contributed by atoms with Crippen LogP contribution < -0.4 is 10.1 Å². The molecule has 1 aliphatic rings. The van der Waals surface area contributed by atoms with Crippen LogP contribution in [-0.2, 0) is 0 Å². The molecular formula is C30H37N3O. The van der Waals surface area contributed by atoms with E-state index in [2.05, 4.69) is 113 Å². The minimum absolute atomic E-state index is 0.304. The fourth-order valence-corrected chi connectivity index (χ4v) is 4.59. The molecule has 4 rings (SSSR count). The van der Waals surface area contributed by atoms with Crippen LogP contribution in [-0.4, -0.2) is 62.7 Å². The monoisotopic (exact) mass is 455 g/mol. The molecule has 1 atom stereocenters. The molecule has 1 unspecified atom stereocenters. The highest BCUT2D eigenvalue weighted by Gasteiger charge is 2.18. The molecule has 178 valence electrons. The van der Waals surface area contributed by atoms with Gasteiger partial charge in [-0.05, 0) is 41.3 Å². The number of piperazine rings is 1. The minimum atomic E-state index is 0.304. The van der Waals surface area contributed by atoms with Gasteiger partial charge in [-0.15, -0.1) is 0 Å². The van der Waals surface area contributed by atoms with E-state index in [1.54, 1.807) is 7.11 Å². The number of nitrogens with zero attached hydrogens (tertiary/aromatic N) is 2. The molecule has 1 heterocycles. The molecule has 1 aliphatic heterocycles. The molecule has 1 fully saturated rings. The Labute approximate surface area is 204 Å². The summed E-state index contributed by atoms with van der Waals surface area (Å²) in [4.78, 5) is 5.17. The van der Waals surface area contributed by atoms with Crippen LogP contribution in [0.25, 0.3) is 5.57 Å². The smallest absolute Gasteiger partial charge is 0.118 e. The van der Waals surface area contributed by atoms with Crippen LogP contribution in [0.15, 0.2) is 91.0 Å². The van der Waals surface area contributed by atoms with Gasteiger partial charge in [-0.3, -0.25) is 9.80 Å². The second-order valence-corrected chi connectivity index (χ2v) is 8.89. The second kappa shape index (κ2) is 12.5. The van der Waals surface area contributed by atoms with Crippen LogP contribution in [0.5, 0.6) is 5.75 Å². The summed E-state index contributed by atoms with van der Waals surface area (Å²) >= 11 is 0. The summed E-state index contributed by atoms with van der Waals surface area (Å²) in [6.45, 7) is 9.74. The van der Waals surface area contributed by atoms with Crippen molar-refractivity contribution in [2.45, 2.75) is 13.0 Å². The van der Waals surface area contributed by atoms with Crippen molar-refractivity contribution in [1.29, 1.82) is 0 Å². The predicted octanol–water partition coefficient (Wildman–Crippen LogP) is 5.10. The van der Waals surface area contributed by atoms with Gasteiger partial charge in [0.25, 0.3) is 0 Å². The Morgan fingerprint density at radius 1 is 0.912 bits per heavy atom. The first-order valence-corrected chi connectivity index (χ1v) is 12.4. The van der Waals surface area contributed by atoms with E-state index in [9.17, 15) is 0 Å².